The molecule has 9 aromatic carbocycles. The Labute approximate surface area is 387 Å². The molecule has 0 amide bonds. The van der Waals surface area contributed by atoms with Crippen molar-refractivity contribution in [2.45, 2.75) is 44.4 Å². The number of hydrogen-bond acceptors (Lipinski definition) is 1. The van der Waals surface area contributed by atoms with Gasteiger partial charge in [0.15, 0.2) is 0 Å². The number of aromatic nitrogens is 1. The molecule has 1 nitrogen and oxygen atoms in total. The molecule has 3 atom stereocenters. The summed E-state index contributed by atoms with van der Waals surface area (Å²) in [6.07, 6.45) is 11.3. The summed E-state index contributed by atoms with van der Waals surface area (Å²) in [7, 11) is 0. The predicted octanol–water partition coefficient (Wildman–Crippen LogP) is 14.0. The van der Waals surface area contributed by atoms with E-state index in [1.54, 1.807) is 0 Å². The fourth-order valence-corrected chi connectivity index (χ4v) is 14.3. The molecule has 3 unspecified atom stereocenters. The molecule has 0 radical (unpaired) electrons. The highest BCUT2D eigenvalue weighted by Gasteiger charge is 2.41. The van der Waals surface area contributed by atoms with Crippen LogP contribution in [0.25, 0.3) is 117 Å². The van der Waals surface area contributed by atoms with Crippen LogP contribution in [-0.4, -0.2) is 4.57 Å². The van der Waals surface area contributed by atoms with E-state index in [0.29, 0.717) is 5.92 Å². The van der Waals surface area contributed by atoms with E-state index in [0.717, 1.165) is 6.42 Å². The third-order valence-corrected chi connectivity index (χ3v) is 17.3. The van der Waals surface area contributed by atoms with Gasteiger partial charge in [0, 0.05) is 42.5 Å². The van der Waals surface area contributed by atoms with Crippen molar-refractivity contribution in [1.82, 2.24) is 4.57 Å². The minimum Gasteiger partial charge on any atom is -0.309 e. The number of benzene rings is 9. The summed E-state index contributed by atoms with van der Waals surface area (Å²) in [5.41, 5.74) is 16.2. The molecule has 0 spiro atoms. The number of nitrogens with zero attached hydrogens (tertiary/aromatic N) is 1. The maximum absolute atomic E-state index is 2.69. The van der Waals surface area contributed by atoms with Gasteiger partial charge in [-0.3, -0.25) is 0 Å². The summed E-state index contributed by atoms with van der Waals surface area (Å²) in [6.45, 7) is 7.44. The molecule has 4 aliphatic carbocycles. The first-order valence-corrected chi connectivity index (χ1v) is 24.6. The van der Waals surface area contributed by atoms with E-state index in [1.807, 2.05) is 11.3 Å². The van der Waals surface area contributed by atoms with Crippen LogP contribution >= 0.6 is 11.3 Å². The second-order valence-corrected chi connectivity index (χ2v) is 20.9. The molecule has 2 heteroatoms. The fourth-order valence-electron chi connectivity index (χ4n) is 13.1. The van der Waals surface area contributed by atoms with E-state index < -0.39 is 0 Å². The highest BCUT2D eigenvalue weighted by atomic mass is 32.1. The normalized spacial score (nSPS) is 18.3. The average molecular weight is 860 g/mol. The zero-order chi connectivity index (χ0) is 43.6. The van der Waals surface area contributed by atoms with Gasteiger partial charge in [-0.25, -0.2) is 0 Å². The van der Waals surface area contributed by atoms with Crippen molar-refractivity contribution in [2.75, 3.05) is 0 Å². The highest BCUT2D eigenvalue weighted by molar-refractivity contribution is 7.17. The Balaban J connectivity index is 1.01. The second-order valence-electron chi connectivity index (χ2n) is 19.9. The average Bonchev–Trinajstić information content (AvgIpc) is 4.06. The first kappa shape index (κ1) is 37.0. The van der Waals surface area contributed by atoms with Gasteiger partial charge in [-0.2, -0.15) is 0 Å². The molecule has 312 valence electrons. The largest absolute Gasteiger partial charge is 0.309 e. The van der Waals surface area contributed by atoms with Crippen LogP contribution in [0, 0.1) is 5.92 Å². The van der Waals surface area contributed by atoms with Gasteiger partial charge >= 0.3 is 0 Å². The molecule has 4 aliphatic rings. The zero-order valence-corrected chi connectivity index (χ0v) is 38.0. The fraction of sp³-hybridized carbons (Fsp3) is 0.125. The Bertz CT molecular complexity index is 4230. The molecule has 2 aromatic heterocycles. The van der Waals surface area contributed by atoms with Crippen LogP contribution in [0.1, 0.15) is 61.3 Å². The Hall–Kier alpha value is -7.26. The summed E-state index contributed by atoms with van der Waals surface area (Å²) >= 11 is 1.93. The van der Waals surface area contributed by atoms with Crippen LogP contribution in [0.4, 0.5) is 0 Å². The van der Waals surface area contributed by atoms with Gasteiger partial charge in [-0.1, -0.05) is 197 Å². The summed E-state index contributed by atoms with van der Waals surface area (Å²) < 4.78 is 5.48. The predicted molar refractivity (Wildman–Crippen MR) is 282 cm³/mol. The topological polar surface area (TPSA) is 4.93 Å². The SMILES string of the molecule is CC1C=c2c(c3c4ccccc4c4c(c3n2-c2cccc3ccccc23)C(C)(C)c2cc(C3C=c5c(sc6ccccc56)=CC3)ccc2-4)=CC1c1ccc2c3c(cccc13)-c1ccccc1-2. The van der Waals surface area contributed by atoms with Gasteiger partial charge in [0.25, 0.3) is 0 Å². The van der Waals surface area contributed by atoms with Gasteiger partial charge in [0.2, 0.25) is 0 Å². The highest BCUT2D eigenvalue weighted by Crippen LogP contribution is 2.56. The Morgan fingerprint density at radius 3 is 2.11 bits per heavy atom. The molecule has 0 aliphatic heterocycles. The number of rotatable bonds is 3. The van der Waals surface area contributed by atoms with Crippen molar-refractivity contribution in [2.24, 2.45) is 5.92 Å². The minimum atomic E-state index is -0.275. The second kappa shape index (κ2) is 13.2. The van der Waals surface area contributed by atoms with Gasteiger partial charge in [0.1, 0.15) is 0 Å². The van der Waals surface area contributed by atoms with Crippen molar-refractivity contribution >= 4 is 88.9 Å². The van der Waals surface area contributed by atoms with Crippen molar-refractivity contribution in [3.8, 4) is 39.1 Å². The molecule has 0 saturated heterocycles. The maximum Gasteiger partial charge on any atom is 0.0594 e. The minimum absolute atomic E-state index is 0.196. The number of hydrogen-bond donors (Lipinski definition) is 0. The van der Waals surface area contributed by atoms with E-state index in [2.05, 4.69) is 213 Å². The molecule has 0 saturated carbocycles. The third-order valence-electron chi connectivity index (χ3n) is 16.1. The van der Waals surface area contributed by atoms with Gasteiger partial charge in [0.05, 0.1) is 16.6 Å². The van der Waals surface area contributed by atoms with Gasteiger partial charge in [-0.05, 0) is 118 Å². The molecule has 2 heterocycles. The van der Waals surface area contributed by atoms with Crippen molar-refractivity contribution in [3.63, 3.8) is 0 Å². The van der Waals surface area contributed by atoms with E-state index in [4.69, 9.17) is 0 Å². The van der Waals surface area contributed by atoms with E-state index in [1.165, 1.54) is 135 Å². The van der Waals surface area contributed by atoms with Crippen LogP contribution in [0.15, 0.2) is 164 Å². The lowest BCUT2D eigenvalue weighted by Gasteiger charge is -2.25. The standard InChI is InChI=1S/C64H45NS/c1-36-32-56-53(35-51(36)43-29-30-49-42-18-7-6-17-41(42)45-22-13-23-46(43)59(45)49)61-48-21-9-8-20-47(48)60-50-28-26-39(38-27-31-58-52(33-38)44-19-10-11-25-57(44)66-58)34-54(50)64(2,3)62(60)63(61)65(56)55-24-12-15-37-14-4-5-16-40(37)55/h4-26,28-36,38,51H,27H2,1-3H3. The number of fused-ring (bicyclic) bond motifs is 17. The van der Waals surface area contributed by atoms with Crippen LogP contribution in [0.3, 0.4) is 0 Å². The molecule has 15 rings (SSSR count). The van der Waals surface area contributed by atoms with Crippen LogP contribution in [0.2, 0.25) is 0 Å². The van der Waals surface area contributed by atoms with Crippen molar-refractivity contribution in [1.29, 1.82) is 0 Å². The molecule has 0 N–H and O–H groups in total. The molecule has 0 bridgehead atoms. The molecule has 66 heavy (non-hydrogen) atoms. The third kappa shape index (κ3) is 4.80. The Morgan fingerprint density at radius 1 is 0.561 bits per heavy atom. The lowest BCUT2D eigenvalue weighted by Crippen LogP contribution is -2.34. The zero-order valence-electron chi connectivity index (χ0n) is 37.2. The summed E-state index contributed by atoms with van der Waals surface area (Å²) in [5.74, 6) is 0.778. The lowest BCUT2D eigenvalue weighted by atomic mass is 9.79. The summed E-state index contributed by atoms with van der Waals surface area (Å²) in [4.78, 5) is 0. The quantitative estimate of drug-likeness (QED) is 0.167. The Kier molecular flexibility index (Phi) is 7.39. The monoisotopic (exact) mass is 859 g/mol. The molecule has 11 aromatic rings. The smallest absolute Gasteiger partial charge is 0.0594 e. The lowest BCUT2D eigenvalue weighted by molar-refractivity contribution is 0.661. The van der Waals surface area contributed by atoms with Crippen molar-refractivity contribution in [3.05, 3.63) is 206 Å². The maximum atomic E-state index is 2.69. The van der Waals surface area contributed by atoms with Crippen LogP contribution in [-0.2, 0) is 5.41 Å². The van der Waals surface area contributed by atoms with E-state index >= 15 is 0 Å². The number of thiophene rings is 1. The first-order valence-electron chi connectivity index (χ1n) is 23.7. The molecular weight excluding hydrogens is 815 g/mol. The molecule has 0 fully saturated rings. The van der Waals surface area contributed by atoms with E-state index in [9.17, 15) is 0 Å². The van der Waals surface area contributed by atoms with Crippen LogP contribution < -0.4 is 20.3 Å². The molecular formula is C64H45NS. The first-order chi connectivity index (χ1) is 32.4. The van der Waals surface area contributed by atoms with E-state index in [-0.39, 0.29) is 17.3 Å². The summed E-state index contributed by atoms with van der Waals surface area (Å²) in [6, 6.07) is 62.3. The summed E-state index contributed by atoms with van der Waals surface area (Å²) in [5, 5.41) is 14.8. The van der Waals surface area contributed by atoms with Crippen molar-refractivity contribution < 1.29 is 0 Å². The van der Waals surface area contributed by atoms with Gasteiger partial charge in [-0.15, -0.1) is 11.3 Å². The van der Waals surface area contributed by atoms with Gasteiger partial charge < -0.3 is 4.57 Å². The Morgan fingerprint density at radius 2 is 1.24 bits per heavy atom. The van der Waals surface area contributed by atoms with Crippen LogP contribution in [0.5, 0.6) is 0 Å².